The fourth-order valence-electron chi connectivity index (χ4n) is 3.58. The Labute approximate surface area is 160 Å². The highest BCUT2D eigenvalue weighted by Gasteiger charge is 2.40. The highest BCUT2D eigenvalue weighted by molar-refractivity contribution is 6.64. The topological polar surface area (TPSA) is 18.5 Å². The van der Waals surface area contributed by atoms with Crippen LogP contribution >= 0.6 is 0 Å². The minimum Gasteiger partial charge on any atom is -0.389 e. The van der Waals surface area contributed by atoms with E-state index in [4.69, 9.17) is 8.85 Å². The summed E-state index contributed by atoms with van der Waals surface area (Å²) >= 11 is 0. The Morgan fingerprint density at radius 1 is 0.720 bits per heavy atom. The quantitative estimate of drug-likeness (QED) is 0.291. The Bertz CT molecular complexity index is 322. The second-order valence-corrected chi connectivity index (χ2v) is 13.0. The molecule has 0 fully saturated rings. The molecule has 0 saturated carbocycles. The zero-order chi connectivity index (χ0) is 19.7. The van der Waals surface area contributed by atoms with Crippen LogP contribution < -0.4 is 0 Å². The van der Waals surface area contributed by atoms with Crippen LogP contribution in [0.3, 0.4) is 0 Å². The van der Waals surface area contributed by atoms with E-state index in [1.54, 1.807) is 0 Å². The molecule has 2 unspecified atom stereocenters. The molecule has 0 aliphatic heterocycles. The van der Waals surface area contributed by atoms with Crippen molar-refractivity contribution in [2.45, 2.75) is 131 Å². The van der Waals surface area contributed by atoms with Crippen molar-refractivity contribution in [3.05, 3.63) is 0 Å². The van der Waals surface area contributed by atoms with Crippen molar-refractivity contribution in [2.75, 3.05) is 0 Å². The molecule has 0 aromatic heterocycles. The van der Waals surface area contributed by atoms with Crippen molar-refractivity contribution in [1.82, 2.24) is 0 Å². The Morgan fingerprint density at radius 3 is 1.28 bits per heavy atom. The lowest BCUT2D eigenvalue weighted by atomic mass is 9.94. The summed E-state index contributed by atoms with van der Waals surface area (Å²) in [7, 11) is -2.17. The Hall–Kier alpha value is 0.137. The summed E-state index contributed by atoms with van der Waals surface area (Å²) in [5.41, 5.74) is -0.0889. The molecule has 0 bridgehead atoms. The van der Waals surface area contributed by atoms with Crippen LogP contribution in [0, 0.1) is 11.8 Å². The summed E-state index contributed by atoms with van der Waals surface area (Å²) in [5, 5.41) is 0. The number of hydrogen-bond acceptors (Lipinski definition) is 2. The van der Waals surface area contributed by atoms with Gasteiger partial charge < -0.3 is 8.85 Å². The molecule has 0 saturated heterocycles. The first-order valence-corrected chi connectivity index (χ1v) is 13.6. The van der Waals surface area contributed by atoms with Crippen molar-refractivity contribution in [3.63, 3.8) is 0 Å². The van der Waals surface area contributed by atoms with Gasteiger partial charge >= 0.3 is 8.56 Å². The summed E-state index contributed by atoms with van der Waals surface area (Å²) < 4.78 is 13.4. The molecule has 2 atom stereocenters. The smallest absolute Gasteiger partial charge is 0.332 e. The number of rotatable bonds is 14. The lowest BCUT2D eigenvalue weighted by Crippen LogP contribution is -2.50. The first-order chi connectivity index (χ1) is 11.4. The fourth-order valence-corrected chi connectivity index (χ4v) is 6.48. The van der Waals surface area contributed by atoms with Crippen LogP contribution in [0.25, 0.3) is 0 Å². The minimum atomic E-state index is -2.17. The van der Waals surface area contributed by atoms with Crippen molar-refractivity contribution in [1.29, 1.82) is 0 Å². The second kappa shape index (κ2) is 11.1. The molecule has 3 heteroatoms. The van der Waals surface area contributed by atoms with Crippen molar-refractivity contribution in [3.8, 4) is 0 Å². The Morgan fingerprint density at radius 2 is 1.04 bits per heavy atom. The lowest BCUT2D eigenvalue weighted by Gasteiger charge is -2.42. The first-order valence-electron chi connectivity index (χ1n) is 10.8. The van der Waals surface area contributed by atoms with Gasteiger partial charge in [-0.1, -0.05) is 67.2 Å². The first kappa shape index (κ1) is 25.1. The molecule has 0 radical (unpaired) electrons. The van der Waals surface area contributed by atoms with Crippen LogP contribution in [0.4, 0.5) is 0 Å². The van der Waals surface area contributed by atoms with Crippen molar-refractivity contribution >= 4 is 8.56 Å². The molecular weight excluding hydrogens is 324 g/mol. The van der Waals surface area contributed by atoms with Crippen LogP contribution in [-0.2, 0) is 8.85 Å². The van der Waals surface area contributed by atoms with E-state index in [-0.39, 0.29) is 11.2 Å². The third kappa shape index (κ3) is 11.5. The summed E-state index contributed by atoms with van der Waals surface area (Å²) in [6.45, 7) is 22.8. The molecule has 0 rings (SSSR count). The molecule has 0 aliphatic carbocycles. The molecular formula is C22H48O2Si. The van der Waals surface area contributed by atoms with Gasteiger partial charge in [-0.25, -0.2) is 0 Å². The van der Waals surface area contributed by atoms with Gasteiger partial charge in [-0.05, 0) is 64.5 Å². The summed E-state index contributed by atoms with van der Waals surface area (Å²) in [5.74, 6) is 1.54. The molecule has 2 nitrogen and oxygen atoms in total. The predicted octanol–water partition coefficient (Wildman–Crippen LogP) is 7.71. The molecule has 0 spiro atoms. The van der Waals surface area contributed by atoms with E-state index in [2.05, 4.69) is 68.5 Å². The van der Waals surface area contributed by atoms with Crippen LogP contribution in [0.5, 0.6) is 0 Å². The normalized spacial score (nSPS) is 17.8. The highest BCUT2D eigenvalue weighted by atomic mass is 28.4. The monoisotopic (exact) mass is 372 g/mol. The van der Waals surface area contributed by atoms with E-state index in [0.29, 0.717) is 0 Å². The highest BCUT2D eigenvalue weighted by Crippen LogP contribution is 2.33. The molecule has 0 aliphatic rings. The summed E-state index contributed by atoms with van der Waals surface area (Å²) in [6, 6.07) is 0. The third-order valence-electron chi connectivity index (χ3n) is 5.45. The van der Waals surface area contributed by atoms with Gasteiger partial charge in [-0.2, -0.15) is 0 Å². The van der Waals surface area contributed by atoms with E-state index in [1.165, 1.54) is 25.7 Å². The largest absolute Gasteiger partial charge is 0.389 e. The summed E-state index contributed by atoms with van der Waals surface area (Å²) in [4.78, 5) is 0. The van der Waals surface area contributed by atoms with Gasteiger partial charge in [-0.3, -0.25) is 0 Å². The molecule has 0 amide bonds. The second-order valence-electron chi connectivity index (χ2n) is 9.78. The van der Waals surface area contributed by atoms with Gasteiger partial charge in [0.15, 0.2) is 0 Å². The maximum atomic E-state index is 6.70. The van der Waals surface area contributed by atoms with Gasteiger partial charge in [0, 0.05) is 0 Å². The zero-order valence-corrected chi connectivity index (χ0v) is 20.1. The summed E-state index contributed by atoms with van der Waals surface area (Å²) in [6.07, 6.45) is 9.43. The SMILES string of the molecule is CCC(C)(CCCC(C)C)O[Si](C)(C)OC(C)(CC)CCCC(C)C. The van der Waals surface area contributed by atoms with E-state index >= 15 is 0 Å². The van der Waals surface area contributed by atoms with Crippen molar-refractivity contribution < 1.29 is 8.85 Å². The maximum Gasteiger partial charge on any atom is 0.332 e. The van der Waals surface area contributed by atoms with Crippen LogP contribution in [0.2, 0.25) is 13.1 Å². The van der Waals surface area contributed by atoms with Gasteiger partial charge in [0.05, 0.1) is 11.2 Å². The molecule has 152 valence electrons. The Kier molecular flexibility index (Phi) is 11.1. The predicted molar refractivity (Wildman–Crippen MR) is 114 cm³/mol. The molecule has 25 heavy (non-hydrogen) atoms. The maximum absolute atomic E-state index is 6.70. The molecule has 0 aromatic carbocycles. The molecule has 0 aromatic rings. The fraction of sp³-hybridized carbons (Fsp3) is 1.00. The molecule has 0 heterocycles. The minimum absolute atomic E-state index is 0.0444. The van der Waals surface area contributed by atoms with E-state index in [1.807, 2.05) is 0 Å². The number of hydrogen-bond donors (Lipinski definition) is 0. The lowest BCUT2D eigenvalue weighted by molar-refractivity contribution is -0.0237. The van der Waals surface area contributed by atoms with Gasteiger partial charge in [0.2, 0.25) is 0 Å². The van der Waals surface area contributed by atoms with Crippen LogP contribution in [-0.4, -0.2) is 19.8 Å². The van der Waals surface area contributed by atoms with E-state index in [9.17, 15) is 0 Å². The van der Waals surface area contributed by atoms with Gasteiger partial charge in [0.25, 0.3) is 0 Å². The average Bonchev–Trinajstić information content (AvgIpc) is 2.45. The van der Waals surface area contributed by atoms with Crippen molar-refractivity contribution in [2.24, 2.45) is 11.8 Å². The standard InChI is InChI=1S/C22H48O2Si/c1-11-21(7,17-13-15-19(3)4)23-25(9,10)24-22(8,12-2)18-14-16-20(5)6/h19-20H,11-18H2,1-10H3. The van der Waals surface area contributed by atoms with Crippen LogP contribution in [0.1, 0.15) is 107 Å². The van der Waals surface area contributed by atoms with E-state index < -0.39 is 8.56 Å². The average molecular weight is 373 g/mol. The Balaban J connectivity index is 4.77. The van der Waals surface area contributed by atoms with Crippen LogP contribution in [0.15, 0.2) is 0 Å². The third-order valence-corrected chi connectivity index (χ3v) is 7.42. The van der Waals surface area contributed by atoms with Gasteiger partial charge in [0.1, 0.15) is 0 Å². The van der Waals surface area contributed by atoms with Gasteiger partial charge in [-0.15, -0.1) is 0 Å². The van der Waals surface area contributed by atoms with E-state index in [0.717, 1.165) is 37.5 Å². The molecule has 0 N–H and O–H groups in total. The zero-order valence-electron chi connectivity index (χ0n) is 19.1.